The Morgan fingerprint density at radius 2 is 1.85 bits per heavy atom. The molecule has 0 fully saturated rings. The second-order valence-electron chi connectivity index (χ2n) is 7.54. The van der Waals surface area contributed by atoms with E-state index in [0.717, 1.165) is 22.1 Å². The van der Waals surface area contributed by atoms with E-state index in [1.165, 1.54) is 0 Å². The molecule has 0 aliphatic rings. The number of fused-ring (bicyclic) bond motifs is 1. The number of rotatable bonds is 5. The third-order valence-electron chi connectivity index (χ3n) is 4.36. The maximum absolute atomic E-state index is 12.5. The highest BCUT2D eigenvalue weighted by Gasteiger charge is 2.22. The van der Waals surface area contributed by atoms with E-state index in [0.29, 0.717) is 24.6 Å². The quantitative estimate of drug-likeness (QED) is 0.643. The van der Waals surface area contributed by atoms with E-state index in [2.05, 4.69) is 41.0 Å². The van der Waals surface area contributed by atoms with Gasteiger partial charge in [-0.25, -0.2) is 9.97 Å². The fraction of sp³-hybridized carbons (Fsp3) is 0.350. The Labute approximate surface area is 158 Å². The number of aromatic nitrogens is 3. The largest absolute Gasteiger partial charge is 0.383 e. The first kappa shape index (κ1) is 18.8. The Morgan fingerprint density at radius 3 is 2.48 bits per heavy atom. The lowest BCUT2D eigenvalue weighted by Gasteiger charge is -2.17. The van der Waals surface area contributed by atoms with Crippen LogP contribution in [-0.4, -0.2) is 28.0 Å². The molecule has 2 aromatic heterocycles. The highest BCUT2D eigenvalue weighted by Crippen LogP contribution is 2.31. The number of hydrogen-bond donors (Lipinski definition) is 3. The van der Waals surface area contributed by atoms with Gasteiger partial charge in [-0.05, 0) is 22.1 Å². The van der Waals surface area contributed by atoms with Gasteiger partial charge in [-0.2, -0.15) is 0 Å². The zero-order valence-corrected chi connectivity index (χ0v) is 16.1. The van der Waals surface area contributed by atoms with Crippen molar-refractivity contribution in [1.29, 1.82) is 0 Å². The molecule has 0 aliphatic carbocycles. The Kier molecular flexibility index (Phi) is 5.14. The van der Waals surface area contributed by atoms with Gasteiger partial charge in [0.25, 0.3) is 5.91 Å². The SMILES string of the molecule is COCc1ccc(CNC(=O)c2nc(N)c3c(C(C)(C)C)c[nH]c3n2)cc1. The molecule has 7 heteroatoms. The van der Waals surface area contributed by atoms with Gasteiger partial charge in [0.2, 0.25) is 5.82 Å². The molecule has 0 atom stereocenters. The van der Waals surface area contributed by atoms with Crippen LogP contribution < -0.4 is 11.1 Å². The van der Waals surface area contributed by atoms with Crippen molar-refractivity contribution >= 4 is 22.8 Å². The van der Waals surface area contributed by atoms with Crippen molar-refractivity contribution in [3.63, 3.8) is 0 Å². The van der Waals surface area contributed by atoms with Gasteiger partial charge in [-0.3, -0.25) is 4.79 Å². The van der Waals surface area contributed by atoms with E-state index in [4.69, 9.17) is 10.5 Å². The van der Waals surface area contributed by atoms with Gasteiger partial charge < -0.3 is 20.8 Å². The number of anilines is 1. The zero-order valence-electron chi connectivity index (χ0n) is 16.1. The van der Waals surface area contributed by atoms with E-state index >= 15 is 0 Å². The second kappa shape index (κ2) is 7.36. The average Bonchev–Trinajstić information content (AvgIpc) is 3.06. The zero-order chi connectivity index (χ0) is 19.6. The number of aromatic amines is 1. The second-order valence-corrected chi connectivity index (χ2v) is 7.54. The summed E-state index contributed by atoms with van der Waals surface area (Å²) in [6.45, 7) is 7.21. The molecule has 27 heavy (non-hydrogen) atoms. The minimum atomic E-state index is -0.364. The lowest BCUT2D eigenvalue weighted by atomic mass is 9.87. The van der Waals surface area contributed by atoms with Crippen molar-refractivity contribution in [1.82, 2.24) is 20.3 Å². The summed E-state index contributed by atoms with van der Waals surface area (Å²) in [7, 11) is 1.66. The number of carbonyl (C=O) groups excluding carboxylic acids is 1. The van der Waals surface area contributed by atoms with Crippen LogP contribution in [-0.2, 0) is 23.3 Å². The molecule has 7 nitrogen and oxygen atoms in total. The van der Waals surface area contributed by atoms with Crippen LogP contribution in [0.3, 0.4) is 0 Å². The van der Waals surface area contributed by atoms with E-state index in [9.17, 15) is 4.79 Å². The van der Waals surface area contributed by atoms with Crippen molar-refractivity contribution < 1.29 is 9.53 Å². The topological polar surface area (TPSA) is 106 Å². The van der Waals surface area contributed by atoms with Crippen LogP contribution in [0, 0.1) is 0 Å². The molecule has 0 saturated heterocycles. The van der Waals surface area contributed by atoms with Crippen molar-refractivity contribution in [3.05, 3.63) is 53.0 Å². The molecule has 3 aromatic rings. The molecule has 0 unspecified atom stereocenters. The molecular formula is C20H25N5O2. The lowest BCUT2D eigenvalue weighted by Crippen LogP contribution is -2.25. The molecule has 0 aliphatic heterocycles. The molecule has 0 bridgehead atoms. The van der Waals surface area contributed by atoms with Gasteiger partial charge in [-0.15, -0.1) is 0 Å². The number of ether oxygens (including phenoxy) is 1. The van der Waals surface area contributed by atoms with Crippen LogP contribution in [0.4, 0.5) is 5.82 Å². The molecular weight excluding hydrogens is 342 g/mol. The number of amides is 1. The Morgan fingerprint density at radius 1 is 1.19 bits per heavy atom. The number of nitrogens with one attached hydrogen (secondary N) is 2. The highest BCUT2D eigenvalue weighted by molar-refractivity contribution is 5.96. The fourth-order valence-corrected chi connectivity index (χ4v) is 2.94. The number of nitrogens with zero attached hydrogens (tertiary/aromatic N) is 2. The highest BCUT2D eigenvalue weighted by atomic mass is 16.5. The Balaban J connectivity index is 1.76. The van der Waals surface area contributed by atoms with Gasteiger partial charge in [-0.1, -0.05) is 45.0 Å². The third kappa shape index (κ3) is 4.09. The van der Waals surface area contributed by atoms with E-state index in [-0.39, 0.29) is 17.1 Å². The molecule has 0 saturated carbocycles. The summed E-state index contributed by atoms with van der Waals surface area (Å²) in [5.41, 5.74) is 9.68. The van der Waals surface area contributed by atoms with Crippen LogP contribution in [0.1, 0.15) is 48.1 Å². The Bertz CT molecular complexity index is 955. The minimum Gasteiger partial charge on any atom is -0.383 e. The number of hydrogen-bond acceptors (Lipinski definition) is 5. The molecule has 142 valence electrons. The molecule has 0 spiro atoms. The van der Waals surface area contributed by atoms with Crippen molar-refractivity contribution in [2.75, 3.05) is 12.8 Å². The summed E-state index contributed by atoms with van der Waals surface area (Å²) >= 11 is 0. The van der Waals surface area contributed by atoms with Crippen molar-refractivity contribution in [2.24, 2.45) is 0 Å². The van der Waals surface area contributed by atoms with E-state index < -0.39 is 0 Å². The van der Waals surface area contributed by atoms with Gasteiger partial charge in [0, 0.05) is 19.9 Å². The summed E-state index contributed by atoms with van der Waals surface area (Å²) < 4.78 is 5.09. The van der Waals surface area contributed by atoms with Crippen LogP contribution >= 0.6 is 0 Å². The summed E-state index contributed by atoms with van der Waals surface area (Å²) in [4.78, 5) is 24.1. The first-order valence-corrected chi connectivity index (χ1v) is 8.79. The van der Waals surface area contributed by atoms with Crippen LogP contribution in [0.25, 0.3) is 11.0 Å². The van der Waals surface area contributed by atoms with Crippen molar-refractivity contribution in [3.8, 4) is 0 Å². The smallest absolute Gasteiger partial charge is 0.289 e. The summed E-state index contributed by atoms with van der Waals surface area (Å²) in [5.74, 6) is -0.00460. The van der Waals surface area contributed by atoms with E-state index in [1.54, 1.807) is 7.11 Å². The van der Waals surface area contributed by atoms with Gasteiger partial charge >= 0.3 is 0 Å². The number of H-pyrrole nitrogens is 1. The number of benzene rings is 1. The maximum Gasteiger partial charge on any atom is 0.289 e. The number of nitrogen functional groups attached to an aromatic ring is 1. The minimum absolute atomic E-state index is 0.0540. The van der Waals surface area contributed by atoms with Crippen molar-refractivity contribution in [2.45, 2.75) is 39.3 Å². The summed E-state index contributed by atoms with van der Waals surface area (Å²) in [5, 5.41) is 3.60. The maximum atomic E-state index is 12.5. The van der Waals surface area contributed by atoms with Gasteiger partial charge in [0.1, 0.15) is 11.5 Å². The molecule has 1 amide bonds. The third-order valence-corrected chi connectivity index (χ3v) is 4.36. The predicted octanol–water partition coefficient (Wildman–Crippen LogP) is 2.91. The van der Waals surface area contributed by atoms with Gasteiger partial charge in [0.05, 0.1) is 12.0 Å². The number of methoxy groups -OCH3 is 1. The van der Waals surface area contributed by atoms with Crippen LogP contribution in [0.15, 0.2) is 30.5 Å². The number of carbonyl (C=O) groups is 1. The first-order valence-electron chi connectivity index (χ1n) is 8.79. The lowest BCUT2D eigenvalue weighted by molar-refractivity contribution is 0.0941. The molecule has 4 N–H and O–H groups in total. The average molecular weight is 367 g/mol. The van der Waals surface area contributed by atoms with Crippen LogP contribution in [0.5, 0.6) is 0 Å². The monoisotopic (exact) mass is 367 g/mol. The predicted molar refractivity (Wildman–Crippen MR) is 105 cm³/mol. The standard InChI is InChI=1S/C20H25N5O2/c1-20(2,3)14-10-22-17-15(14)16(21)24-18(25-17)19(26)23-9-12-5-7-13(8-6-12)11-27-4/h5-8,10H,9,11H2,1-4H3,(H,23,26)(H3,21,22,24,25). The molecule has 3 rings (SSSR count). The Hall–Kier alpha value is -2.93. The summed E-state index contributed by atoms with van der Waals surface area (Å²) in [6, 6.07) is 7.85. The first-order chi connectivity index (χ1) is 12.8. The van der Waals surface area contributed by atoms with Crippen LogP contribution in [0.2, 0.25) is 0 Å². The normalized spacial score (nSPS) is 11.7. The summed E-state index contributed by atoms with van der Waals surface area (Å²) in [6.07, 6.45) is 1.87. The fourth-order valence-electron chi connectivity index (χ4n) is 2.94. The molecule has 2 heterocycles. The van der Waals surface area contributed by atoms with Gasteiger partial charge in [0.15, 0.2) is 0 Å². The number of nitrogens with two attached hydrogens (primary N) is 1. The van der Waals surface area contributed by atoms with E-state index in [1.807, 2.05) is 30.5 Å². The molecule has 0 radical (unpaired) electrons. The molecule has 1 aromatic carbocycles.